The Morgan fingerprint density at radius 3 is 2.32 bits per heavy atom. The van der Waals surface area contributed by atoms with E-state index in [1.54, 1.807) is 37.3 Å². The number of amides is 3. The van der Waals surface area contributed by atoms with Crippen molar-refractivity contribution in [2.24, 2.45) is 0 Å². The van der Waals surface area contributed by atoms with Gasteiger partial charge in [0.2, 0.25) is 0 Å². The third-order valence-electron chi connectivity index (χ3n) is 5.11. The predicted octanol–water partition coefficient (Wildman–Crippen LogP) is 5.18. The fourth-order valence-corrected chi connectivity index (χ4v) is 3.18. The number of aryl methyl sites for hydroxylation is 2. The highest BCUT2D eigenvalue weighted by Gasteiger charge is 2.17. The maximum Gasteiger partial charge on any atom is 0.323 e. The molecule has 34 heavy (non-hydrogen) atoms. The lowest BCUT2D eigenvalue weighted by Crippen LogP contribution is -2.30. The lowest BCUT2D eigenvalue weighted by atomic mass is 10.1. The Morgan fingerprint density at radius 1 is 1.00 bits per heavy atom. The average Bonchev–Trinajstić information content (AvgIpc) is 2.82. The SMILES string of the molecule is CCc1ccc(OC(C)C(=O)Nc2ccc(NC(=O)Nc3ccc(C#N)cc3)c(O)c2)c(C)c1. The van der Waals surface area contributed by atoms with Crippen LogP contribution >= 0.6 is 0 Å². The molecule has 3 rings (SSSR count). The molecule has 3 aromatic carbocycles. The van der Waals surface area contributed by atoms with Crippen LogP contribution in [0.5, 0.6) is 11.5 Å². The first-order valence-electron chi connectivity index (χ1n) is 10.8. The number of hydrogen-bond acceptors (Lipinski definition) is 5. The van der Waals surface area contributed by atoms with Crippen LogP contribution in [0.1, 0.15) is 30.5 Å². The molecule has 0 spiro atoms. The third-order valence-corrected chi connectivity index (χ3v) is 5.11. The molecule has 8 nitrogen and oxygen atoms in total. The summed E-state index contributed by atoms with van der Waals surface area (Å²) in [4.78, 5) is 24.8. The molecular formula is C26H26N4O4. The van der Waals surface area contributed by atoms with Crippen molar-refractivity contribution < 1.29 is 19.4 Å². The number of benzene rings is 3. The molecule has 0 aliphatic carbocycles. The van der Waals surface area contributed by atoms with Crippen LogP contribution in [0.3, 0.4) is 0 Å². The van der Waals surface area contributed by atoms with Crippen LogP contribution in [0.4, 0.5) is 21.9 Å². The van der Waals surface area contributed by atoms with Crippen molar-refractivity contribution in [1.82, 2.24) is 0 Å². The van der Waals surface area contributed by atoms with E-state index in [4.69, 9.17) is 10.00 Å². The molecule has 0 aliphatic rings. The van der Waals surface area contributed by atoms with Crippen molar-refractivity contribution in [1.29, 1.82) is 5.26 Å². The molecule has 0 aromatic heterocycles. The van der Waals surface area contributed by atoms with Gasteiger partial charge in [0.25, 0.3) is 5.91 Å². The van der Waals surface area contributed by atoms with Gasteiger partial charge in [-0.3, -0.25) is 4.79 Å². The molecule has 174 valence electrons. The summed E-state index contributed by atoms with van der Waals surface area (Å²) in [7, 11) is 0. The first-order chi connectivity index (χ1) is 16.3. The topological polar surface area (TPSA) is 123 Å². The number of rotatable bonds is 7. The minimum atomic E-state index is -0.760. The van der Waals surface area contributed by atoms with E-state index in [0.29, 0.717) is 22.7 Å². The zero-order chi connectivity index (χ0) is 24.7. The van der Waals surface area contributed by atoms with Crippen molar-refractivity contribution in [3.05, 3.63) is 77.4 Å². The maximum atomic E-state index is 12.6. The number of urea groups is 1. The molecule has 0 aliphatic heterocycles. The van der Waals surface area contributed by atoms with Gasteiger partial charge in [0, 0.05) is 17.4 Å². The summed E-state index contributed by atoms with van der Waals surface area (Å²) in [5, 5.41) is 27.0. The predicted molar refractivity (Wildman–Crippen MR) is 131 cm³/mol. The van der Waals surface area contributed by atoms with Crippen LogP contribution in [0.25, 0.3) is 0 Å². The maximum absolute atomic E-state index is 12.6. The van der Waals surface area contributed by atoms with Gasteiger partial charge in [-0.15, -0.1) is 0 Å². The number of hydrogen-bond donors (Lipinski definition) is 4. The second kappa shape index (κ2) is 10.9. The minimum absolute atomic E-state index is 0.167. The summed E-state index contributed by atoms with van der Waals surface area (Å²) < 4.78 is 5.80. The molecule has 1 atom stereocenters. The Morgan fingerprint density at radius 2 is 1.71 bits per heavy atom. The van der Waals surface area contributed by atoms with Gasteiger partial charge in [0.05, 0.1) is 17.3 Å². The summed E-state index contributed by atoms with van der Waals surface area (Å²) in [6, 6.07) is 18.0. The molecule has 8 heteroatoms. The molecule has 0 radical (unpaired) electrons. The monoisotopic (exact) mass is 458 g/mol. The van der Waals surface area contributed by atoms with E-state index < -0.39 is 12.1 Å². The zero-order valence-electron chi connectivity index (χ0n) is 19.2. The number of nitriles is 1. The molecule has 0 bridgehead atoms. The van der Waals surface area contributed by atoms with Crippen molar-refractivity contribution in [3.63, 3.8) is 0 Å². The van der Waals surface area contributed by atoms with Gasteiger partial charge in [-0.25, -0.2) is 4.79 Å². The number of nitrogens with one attached hydrogen (secondary N) is 3. The van der Waals surface area contributed by atoms with E-state index in [-0.39, 0.29) is 17.3 Å². The molecule has 0 saturated heterocycles. The second-order valence-electron chi connectivity index (χ2n) is 7.70. The number of carbonyl (C=O) groups is 2. The van der Waals surface area contributed by atoms with E-state index in [1.165, 1.54) is 17.7 Å². The summed E-state index contributed by atoms with van der Waals surface area (Å²) in [6.07, 6.45) is 0.159. The number of aromatic hydroxyl groups is 1. The van der Waals surface area contributed by atoms with Gasteiger partial charge in [-0.2, -0.15) is 5.26 Å². The molecular weight excluding hydrogens is 432 g/mol. The van der Waals surface area contributed by atoms with Gasteiger partial charge in [-0.1, -0.05) is 19.1 Å². The number of nitrogens with zero attached hydrogens (tertiary/aromatic N) is 1. The lowest BCUT2D eigenvalue weighted by molar-refractivity contribution is -0.122. The Kier molecular flexibility index (Phi) is 7.72. The Hall–Kier alpha value is -4.51. The first-order valence-corrected chi connectivity index (χ1v) is 10.8. The quantitative estimate of drug-likeness (QED) is 0.363. The highest BCUT2D eigenvalue weighted by Crippen LogP contribution is 2.27. The van der Waals surface area contributed by atoms with Crippen LogP contribution in [0, 0.1) is 18.3 Å². The fraction of sp³-hybridized carbons (Fsp3) is 0.192. The number of anilines is 3. The van der Waals surface area contributed by atoms with Crippen molar-refractivity contribution in [2.75, 3.05) is 16.0 Å². The highest BCUT2D eigenvalue weighted by molar-refractivity contribution is 6.01. The van der Waals surface area contributed by atoms with E-state index in [2.05, 4.69) is 22.9 Å². The fourth-order valence-electron chi connectivity index (χ4n) is 3.18. The highest BCUT2D eigenvalue weighted by atomic mass is 16.5. The molecule has 4 N–H and O–H groups in total. The first kappa shape index (κ1) is 24.1. The number of carbonyl (C=O) groups excluding carboxylic acids is 2. The van der Waals surface area contributed by atoms with E-state index >= 15 is 0 Å². The minimum Gasteiger partial charge on any atom is -0.506 e. The van der Waals surface area contributed by atoms with E-state index in [9.17, 15) is 14.7 Å². The summed E-state index contributed by atoms with van der Waals surface area (Å²) in [6.45, 7) is 5.65. The molecule has 3 aromatic rings. The normalized spacial score (nSPS) is 11.1. The van der Waals surface area contributed by atoms with Gasteiger partial charge in [-0.05, 0) is 73.9 Å². The number of ether oxygens (including phenoxy) is 1. The van der Waals surface area contributed by atoms with E-state index in [0.717, 1.165) is 12.0 Å². The van der Waals surface area contributed by atoms with Crippen LogP contribution in [0.2, 0.25) is 0 Å². The molecule has 0 saturated carbocycles. The average molecular weight is 459 g/mol. The van der Waals surface area contributed by atoms with Crippen LogP contribution in [0.15, 0.2) is 60.7 Å². The molecule has 1 unspecified atom stereocenters. The van der Waals surface area contributed by atoms with Crippen LogP contribution < -0.4 is 20.7 Å². The summed E-state index contributed by atoms with van der Waals surface area (Å²) >= 11 is 0. The van der Waals surface area contributed by atoms with Gasteiger partial charge >= 0.3 is 6.03 Å². The van der Waals surface area contributed by atoms with Crippen molar-refractivity contribution in [3.8, 4) is 17.6 Å². The molecule has 0 fully saturated rings. The lowest BCUT2D eigenvalue weighted by Gasteiger charge is -2.17. The Balaban J connectivity index is 1.57. The largest absolute Gasteiger partial charge is 0.506 e. The van der Waals surface area contributed by atoms with Gasteiger partial charge < -0.3 is 25.8 Å². The number of phenolic OH excluding ortho intramolecular Hbond substituents is 1. The second-order valence-corrected chi connectivity index (χ2v) is 7.70. The number of phenols is 1. The summed E-state index contributed by atoms with van der Waals surface area (Å²) in [5.74, 6) is 0.0421. The Labute approximate surface area is 198 Å². The zero-order valence-corrected chi connectivity index (χ0v) is 19.2. The van der Waals surface area contributed by atoms with Crippen molar-refractivity contribution in [2.45, 2.75) is 33.3 Å². The molecule has 3 amide bonds. The summed E-state index contributed by atoms with van der Waals surface area (Å²) in [5.41, 5.74) is 3.64. The third kappa shape index (κ3) is 6.26. The Bertz CT molecular complexity index is 1230. The van der Waals surface area contributed by atoms with Crippen LogP contribution in [-0.4, -0.2) is 23.1 Å². The van der Waals surface area contributed by atoms with Crippen LogP contribution in [-0.2, 0) is 11.2 Å². The molecule has 0 heterocycles. The van der Waals surface area contributed by atoms with Crippen molar-refractivity contribution >= 4 is 29.0 Å². The van der Waals surface area contributed by atoms with Gasteiger partial charge in [0.15, 0.2) is 6.10 Å². The smallest absolute Gasteiger partial charge is 0.323 e. The van der Waals surface area contributed by atoms with E-state index in [1.807, 2.05) is 31.2 Å². The van der Waals surface area contributed by atoms with Gasteiger partial charge in [0.1, 0.15) is 11.5 Å². The standard InChI is InChI=1S/C26H26N4O4/c1-4-18-7-12-24(16(2)13-18)34-17(3)25(32)28-21-10-11-22(23(31)14-21)30-26(33)29-20-8-5-19(15-27)6-9-20/h5-14,17,31H,4H2,1-3H3,(H,28,32)(H2,29,30,33).